The van der Waals surface area contributed by atoms with Crippen LogP contribution in [0, 0.1) is 6.92 Å². The Morgan fingerprint density at radius 1 is 1.31 bits per heavy atom. The van der Waals surface area contributed by atoms with Crippen LogP contribution in [0.5, 0.6) is 5.75 Å². The van der Waals surface area contributed by atoms with Crippen molar-refractivity contribution in [2.24, 2.45) is 4.99 Å². The smallest absolute Gasteiger partial charge is 0.422 e. The highest BCUT2D eigenvalue weighted by atomic mass is 32.2. The van der Waals surface area contributed by atoms with Crippen molar-refractivity contribution in [3.8, 4) is 5.75 Å². The van der Waals surface area contributed by atoms with E-state index < -0.39 is 17.5 Å². The third-order valence-electron chi connectivity index (χ3n) is 3.98. The summed E-state index contributed by atoms with van der Waals surface area (Å²) in [6.07, 6.45) is -2.48. The number of rotatable bonds is 9. The average molecular weight is 392 g/mol. The van der Waals surface area contributed by atoms with Gasteiger partial charge in [0.25, 0.3) is 0 Å². The Kier molecular flexibility index (Phi) is 8.27. The second kappa shape index (κ2) is 9.50. The van der Waals surface area contributed by atoms with E-state index in [0.29, 0.717) is 17.0 Å². The zero-order chi connectivity index (χ0) is 20.0. The summed E-state index contributed by atoms with van der Waals surface area (Å²) in [7, 11) is 3.13. The van der Waals surface area contributed by atoms with Crippen LogP contribution in [0.3, 0.4) is 0 Å². The van der Waals surface area contributed by atoms with Crippen molar-refractivity contribution >= 4 is 23.8 Å². The highest BCUT2D eigenvalue weighted by Crippen LogP contribution is 2.46. The van der Waals surface area contributed by atoms with Gasteiger partial charge in [0, 0.05) is 31.0 Å². The van der Waals surface area contributed by atoms with Gasteiger partial charge in [0.2, 0.25) is 0 Å². The van der Waals surface area contributed by atoms with Crippen LogP contribution >= 0.6 is 11.8 Å². The van der Waals surface area contributed by atoms with Crippen LogP contribution in [-0.4, -0.2) is 54.7 Å². The number of aliphatic imine (C=N–C) groups is 1. The van der Waals surface area contributed by atoms with E-state index in [4.69, 9.17) is 4.74 Å². The Hall–Kier alpha value is -1.41. The van der Waals surface area contributed by atoms with E-state index in [0.717, 1.165) is 24.7 Å². The van der Waals surface area contributed by atoms with Crippen LogP contribution in [0.1, 0.15) is 31.4 Å². The topological polar surface area (TPSA) is 45.1 Å². The van der Waals surface area contributed by atoms with Crippen molar-refractivity contribution in [1.29, 1.82) is 0 Å². The predicted octanol–water partition coefficient (Wildman–Crippen LogP) is 4.51. The lowest BCUT2D eigenvalue weighted by Gasteiger charge is -2.32. The molecule has 0 saturated carbocycles. The molecule has 26 heavy (non-hydrogen) atoms. The highest BCUT2D eigenvalue weighted by molar-refractivity contribution is 7.99. The molecule has 1 unspecified atom stereocenters. The van der Waals surface area contributed by atoms with Crippen LogP contribution in [0.4, 0.5) is 18.9 Å². The van der Waals surface area contributed by atoms with Gasteiger partial charge < -0.3 is 14.7 Å². The third kappa shape index (κ3) is 5.30. The van der Waals surface area contributed by atoms with E-state index in [1.54, 1.807) is 13.3 Å². The summed E-state index contributed by atoms with van der Waals surface area (Å²) in [6.45, 7) is 6.25. The van der Waals surface area contributed by atoms with E-state index in [1.807, 2.05) is 25.8 Å². The number of nitrogens with zero attached hydrogens (tertiary/aromatic N) is 2. The molecule has 0 saturated heterocycles. The molecule has 0 amide bonds. The SMILES string of the molecule is CCCSCC(O)(c1cc(C)c(N=CN(C)CC)cc1OC)C(F)(F)F. The van der Waals surface area contributed by atoms with Crippen molar-refractivity contribution in [2.45, 2.75) is 39.0 Å². The molecule has 0 radical (unpaired) electrons. The van der Waals surface area contributed by atoms with Crippen molar-refractivity contribution in [3.05, 3.63) is 23.3 Å². The molecule has 0 bridgehead atoms. The molecule has 8 heteroatoms. The molecular weight excluding hydrogens is 365 g/mol. The van der Waals surface area contributed by atoms with Crippen molar-refractivity contribution in [2.75, 3.05) is 32.2 Å². The number of methoxy groups -OCH3 is 1. The summed E-state index contributed by atoms with van der Waals surface area (Å²) >= 11 is 1.07. The second-order valence-corrected chi connectivity index (χ2v) is 7.17. The van der Waals surface area contributed by atoms with Crippen LogP contribution < -0.4 is 4.74 Å². The summed E-state index contributed by atoms with van der Waals surface area (Å²) in [4.78, 5) is 6.14. The van der Waals surface area contributed by atoms with E-state index in [1.165, 1.54) is 19.2 Å². The fraction of sp³-hybridized carbons (Fsp3) is 0.611. The number of ether oxygens (including phenoxy) is 1. The fourth-order valence-corrected chi connectivity index (χ4v) is 3.28. The van der Waals surface area contributed by atoms with Gasteiger partial charge in [-0.15, -0.1) is 0 Å². The molecule has 1 rings (SSSR count). The molecule has 1 atom stereocenters. The fourth-order valence-electron chi connectivity index (χ4n) is 2.23. The summed E-state index contributed by atoms with van der Waals surface area (Å²) in [6, 6.07) is 2.75. The number of thioether (sulfide) groups is 1. The predicted molar refractivity (Wildman–Crippen MR) is 102 cm³/mol. The number of hydrogen-bond donors (Lipinski definition) is 1. The Labute approximate surface area is 157 Å². The molecule has 1 aromatic carbocycles. The first-order valence-electron chi connectivity index (χ1n) is 8.41. The molecule has 0 spiro atoms. The van der Waals surface area contributed by atoms with Gasteiger partial charge in [-0.1, -0.05) is 6.92 Å². The van der Waals surface area contributed by atoms with Crippen LogP contribution in [0.15, 0.2) is 17.1 Å². The second-order valence-electron chi connectivity index (χ2n) is 6.07. The number of halogens is 3. The van der Waals surface area contributed by atoms with Gasteiger partial charge in [0.1, 0.15) is 5.75 Å². The lowest BCUT2D eigenvalue weighted by molar-refractivity contribution is -0.256. The molecule has 1 aromatic rings. The third-order valence-corrected chi connectivity index (χ3v) is 5.30. The first-order valence-corrected chi connectivity index (χ1v) is 9.56. The van der Waals surface area contributed by atoms with Crippen molar-refractivity contribution in [1.82, 2.24) is 4.90 Å². The number of benzene rings is 1. The van der Waals surface area contributed by atoms with E-state index in [-0.39, 0.29) is 11.3 Å². The lowest BCUT2D eigenvalue weighted by Crippen LogP contribution is -2.45. The van der Waals surface area contributed by atoms with Crippen LogP contribution in [0.25, 0.3) is 0 Å². The molecule has 0 heterocycles. The maximum absolute atomic E-state index is 13.7. The van der Waals surface area contributed by atoms with Gasteiger partial charge in [-0.2, -0.15) is 24.9 Å². The summed E-state index contributed by atoms with van der Waals surface area (Å²) in [5.74, 6) is 0.0195. The standard InChI is InChI=1S/C18H27F3N2O2S/c1-6-8-26-11-17(24,18(19,20)21)14-9-13(3)15(10-16(14)25-5)22-12-23(4)7-2/h9-10,12,24H,6-8,11H2,1-5H3. The molecule has 1 N–H and O–H groups in total. The first kappa shape index (κ1) is 22.6. The van der Waals surface area contributed by atoms with Gasteiger partial charge in [0.05, 0.1) is 19.1 Å². The zero-order valence-corrected chi connectivity index (χ0v) is 16.7. The molecule has 4 nitrogen and oxygen atoms in total. The minimum absolute atomic E-state index is 0.0289. The number of aryl methyl sites for hydroxylation is 1. The summed E-state index contributed by atoms with van der Waals surface area (Å²) in [5.41, 5.74) is -2.23. The Morgan fingerprint density at radius 2 is 1.96 bits per heavy atom. The minimum atomic E-state index is -4.82. The van der Waals surface area contributed by atoms with Gasteiger partial charge in [-0.3, -0.25) is 0 Å². The maximum atomic E-state index is 13.7. The first-order chi connectivity index (χ1) is 12.1. The molecule has 0 aliphatic rings. The normalized spacial score (nSPS) is 14.5. The van der Waals surface area contributed by atoms with Gasteiger partial charge in [-0.05, 0) is 37.7 Å². The molecule has 0 aromatic heterocycles. The average Bonchev–Trinajstić information content (AvgIpc) is 2.59. The van der Waals surface area contributed by atoms with Gasteiger partial charge in [0.15, 0.2) is 5.60 Å². The number of alkyl halides is 3. The Balaban J connectivity index is 3.39. The van der Waals surface area contributed by atoms with Crippen molar-refractivity contribution in [3.63, 3.8) is 0 Å². The minimum Gasteiger partial charge on any atom is -0.496 e. The van der Waals surface area contributed by atoms with Gasteiger partial charge >= 0.3 is 6.18 Å². The molecule has 0 aliphatic carbocycles. The van der Waals surface area contributed by atoms with Crippen LogP contribution in [-0.2, 0) is 5.60 Å². The Morgan fingerprint density at radius 3 is 2.46 bits per heavy atom. The molecular formula is C18H27F3N2O2S. The van der Waals surface area contributed by atoms with Crippen molar-refractivity contribution < 1.29 is 23.0 Å². The lowest BCUT2D eigenvalue weighted by atomic mass is 9.92. The summed E-state index contributed by atoms with van der Waals surface area (Å²) < 4.78 is 46.3. The molecule has 148 valence electrons. The largest absolute Gasteiger partial charge is 0.496 e. The maximum Gasteiger partial charge on any atom is 0.422 e. The zero-order valence-electron chi connectivity index (χ0n) is 15.9. The number of hydrogen-bond acceptors (Lipinski definition) is 4. The summed E-state index contributed by atoms with van der Waals surface area (Å²) in [5, 5.41) is 10.6. The molecule has 0 aliphatic heterocycles. The highest BCUT2D eigenvalue weighted by Gasteiger charge is 2.56. The van der Waals surface area contributed by atoms with E-state index >= 15 is 0 Å². The Bertz CT molecular complexity index is 623. The molecule has 0 fully saturated rings. The van der Waals surface area contributed by atoms with Crippen LogP contribution in [0.2, 0.25) is 0 Å². The monoisotopic (exact) mass is 392 g/mol. The quantitative estimate of drug-likeness (QED) is 0.382. The van der Waals surface area contributed by atoms with Gasteiger partial charge in [-0.25, -0.2) is 4.99 Å². The number of aliphatic hydroxyl groups is 1. The van der Waals surface area contributed by atoms with E-state index in [2.05, 4.69) is 4.99 Å². The van der Waals surface area contributed by atoms with E-state index in [9.17, 15) is 18.3 Å².